The van der Waals surface area contributed by atoms with Crippen LogP contribution in [0, 0.1) is 10.1 Å². The molecule has 0 radical (unpaired) electrons. The normalized spacial score (nSPS) is 26.0. The maximum Gasteiger partial charge on any atom is 0.303 e. The average Bonchev–Trinajstić information content (AvgIpc) is 2.68. The summed E-state index contributed by atoms with van der Waals surface area (Å²) >= 11 is 5.87. The summed E-state index contributed by atoms with van der Waals surface area (Å²) in [6.07, 6.45) is -1.74. The molecule has 0 bridgehead atoms. The maximum absolute atomic E-state index is 11.6. The molecule has 0 spiro atoms. The first-order valence-corrected chi connectivity index (χ1v) is 7.70. The van der Waals surface area contributed by atoms with E-state index in [0.717, 1.165) is 0 Å². The van der Waals surface area contributed by atoms with Gasteiger partial charge in [-0.1, -0.05) is 24.1 Å². The van der Waals surface area contributed by atoms with Gasteiger partial charge in [-0.2, -0.15) is 0 Å². The number of benzene rings is 1. The number of rotatable bonds is 7. The summed E-state index contributed by atoms with van der Waals surface area (Å²) < 4.78 is 0. The molecule has 0 fully saturated rings. The van der Waals surface area contributed by atoms with Gasteiger partial charge in [0.15, 0.2) is 12.2 Å². The molecule has 126 valence electrons. The highest BCUT2D eigenvalue weighted by molar-refractivity contribution is 6.30. The lowest BCUT2D eigenvalue weighted by Gasteiger charge is -2.27. The molecular formula is C15H18ClNO6. The molecule has 1 aliphatic rings. The first-order chi connectivity index (χ1) is 10.8. The van der Waals surface area contributed by atoms with Crippen molar-refractivity contribution in [2.45, 2.75) is 49.9 Å². The van der Waals surface area contributed by atoms with E-state index >= 15 is 0 Å². The number of aliphatic hydroxyl groups excluding tert-OH is 2. The molecule has 1 aromatic rings. The fraction of sp³-hybridized carbons (Fsp3) is 0.533. The van der Waals surface area contributed by atoms with E-state index in [1.165, 1.54) is 18.2 Å². The molecule has 0 aliphatic heterocycles. The Morgan fingerprint density at radius 3 is 2.48 bits per heavy atom. The number of carboxylic acid groups (broad SMARTS) is 1. The van der Waals surface area contributed by atoms with Crippen LogP contribution in [-0.2, 0) is 4.79 Å². The lowest BCUT2D eigenvalue weighted by molar-refractivity contribution is -0.598. The number of carboxylic acids is 1. The van der Waals surface area contributed by atoms with Gasteiger partial charge in [-0.3, -0.25) is 14.9 Å². The summed E-state index contributed by atoms with van der Waals surface area (Å²) in [7, 11) is 0. The van der Waals surface area contributed by atoms with Crippen LogP contribution in [0.4, 0.5) is 0 Å². The molecule has 0 saturated heterocycles. The smallest absolute Gasteiger partial charge is 0.303 e. The third-order valence-electron chi connectivity index (χ3n) is 4.39. The van der Waals surface area contributed by atoms with Crippen LogP contribution in [0.1, 0.15) is 55.4 Å². The van der Waals surface area contributed by atoms with E-state index in [0.29, 0.717) is 29.8 Å². The summed E-state index contributed by atoms with van der Waals surface area (Å²) in [5.74, 6) is -0.919. The molecule has 2 rings (SSSR count). The molecule has 3 N–H and O–H groups in total. The van der Waals surface area contributed by atoms with Crippen LogP contribution >= 0.6 is 11.6 Å². The van der Waals surface area contributed by atoms with E-state index in [1.807, 2.05) is 0 Å². The molecule has 3 atom stereocenters. The molecule has 0 amide bonds. The zero-order chi connectivity index (χ0) is 17.2. The number of unbranched alkanes of at least 4 members (excludes halogenated alkanes) is 2. The highest BCUT2D eigenvalue weighted by Crippen LogP contribution is 2.51. The fourth-order valence-corrected chi connectivity index (χ4v) is 3.33. The van der Waals surface area contributed by atoms with Crippen molar-refractivity contribution in [2.75, 3.05) is 0 Å². The average molecular weight is 344 g/mol. The van der Waals surface area contributed by atoms with E-state index in [9.17, 15) is 25.1 Å². The van der Waals surface area contributed by atoms with Crippen LogP contribution in [0.3, 0.4) is 0 Å². The minimum Gasteiger partial charge on any atom is -0.481 e. The summed E-state index contributed by atoms with van der Waals surface area (Å²) in [6.45, 7) is 0. The predicted molar refractivity (Wildman–Crippen MR) is 81.8 cm³/mol. The summed E-state index contributed by atoms with van der Waals surface area (Å²) in [4.78, 5) is 21.5. The van der Waals surface area contributed by atoms with Crippen molar-refractivity contribution in [1.29, 1.82) is 0 Å². The van der Waals surface area contributed by atoms with Crippen LogP contribution in [-0.4, -0.2) is 31.8 Å². The molecule has 23 heavy (non-hydrogen) atoms. The van der Waals surface area contributed by atoms with Gasteiger partial charge in [0.1, 0.15) is 0 Å². The van der Waals surface area contributed by atoms with Gasteiger partial charge in [-0.15, -0.1) is 0 Å². The van der Waals surface area contributed by atoms with Gasteiger partial charge < -0.3 is 15.3 Å². The standard InChI is InChI=1S/C15H18ClNO6/c16-9-5-6-10-11(8-9)14(21)15(13(10)20,17(22)23)7-3-1-2-4-12(18)19/h5-6,8,13-14,20-21H,1-4,7H2,(H,18,19)/t13-,14+,15-/m1/s1. The third-order valence-corrected chi connectivity index (χ3v) is 4.63. The second-order valence-electron chi connectivity index (χ2n) is 5.78. The number of hydrogen-bond acceptors (Lipinski definition) is 5. The molecule has 1 aromatic carbocycles. The van der Waals surface area contributed by atoms with Gasteiger partial charge in [0.05, 0.1) is 0 Å². The van der Waals surface area contributed by atoms with Crippen LogP contribution in [0.2, 0.25) is 5.02 Å². The number of nitrogens with zero attached hydrogens (tertiary/aromatic N) is 1. The van der Waals surface area contributed by atoms with Gasteiger partial charge in [0.25, 0.3) is 5.54 Å². The maximum atomic E-state index is 11.6. The fourth-order valence-electron chi connectivity index (χ4n) is 3.15. The lowest BCUT2D eigenvalue weighted by Crippen LogP contribution is -2.45. The minimum atomic E-state index is -1.92. The van der Waals surface area contributed by atoms with E-state index in [2.05, 4.69) is 0 Å². The Morgan fingerprint density at radius 2 is 1.87 bits per heavy atom. The van der Waals surface area contributed by atoms with Crippen molar-refractivity contribution < 1.29 is 25.0 Å². The van der Waals surface area contributed by atoms with E-state index in [-0.39, 0.29) is 18.4 Å². The SMILES string of the molecule is O=C(O)CCCCC[C@@]1([N+](=O)[O-])[C@H](O)c2ccc(Cl)cc2[C@@H]1O. The van der Waals surface area contributed by atoms with E-state index < -0.39 is 28.6 Å². The number of halogens is 1. The second kappa shape index (κ2) is 6.82. The Labute approximate surface area is 137 Å². The Balaban J connectivity index is 2.18. The molecule has 0 aromatic heterocycles. The Bertz CT molecular complexity index is 622. The number of hydrogen-bond donors (Lipinski definition) is 3. The first-order valence-electron chi connectivity index (χ1n) is 7.32. The number of aliphatic carboxylic acids is 1. The van der Waals surface area contributed by atoms with E-state index in [1.54, 1.807) is 0 Å². The monoisotopic (exact) mass is 343 g/mol. The molecule has 0 heterocycles. The van der Waals surface area contributed by atoms with Crippen LogP contribution < -0.4 is 0 Å². The summed E-state index contributed by atoms with van der Waals surface area (Å²) in [5.41, 5.74) is -1.34. The third kappa shape index (κ3) is 3.17. The number of aliphatic hydroxyl groups is 2. The van der Waals surface area contributed by atoms with Gasteiger partial charge in [0.2, 0.25) is 0 Å². The summed E-state index contributed by atoms with van der Waals surface area (Å²) in [5, 5.41) is 41.4. The topological polar surface area (TPSA) is 121 Å². The minimum absolute atomic E-state index is 0.00753. The molecule has 7 nitrogen and oxygen atoms in total. The van der Waals surface area contributed by atoms with Gasteiger partial charge >= 0.3 is 5.97 Å². The number of carbonyl (C=O) groups is 1. The summed E-state index contributed by atoms with van der Waals surface area (Å²) in [6, 6.07) is 4.43. The molecule has 0 unspecified atom stereocenters. The zero-order valence-electron chi connectivity index (χ0n) is 12.3. The van der Waals surface area contributed by atoms with E-state index in [4.69, 9.17) is 16.7 Å². The second-order valence-corrected chi connectivity index (χ2v) is 6.22. The molecule has 1 aliphatic carbocycles. The molecule has 8 heteroatoms. The highest BCUT2D eigenvalue weighted by atomic mass is 35.5. The zero-order valence-corrected chi connectivity index (χ0v) is 13.1. The Kier molecular flexibility index (Phi) is 5.23. The lowest BCUT2D eigenvalue weighted by atomic mass is 9.85. The number of fused-ring (bicyclic) bond motifs is 1. The predicted octanol–water partition coefficient (Wildman–Crippen LogP) is 2.47. The Morgan fingerprint density at radius 1 is 1.22 bits per heavy atom. The van der Waals surface area contributed by atoms with Gasteiger partial charge in [-0.25, -0.2) is 0 Å². The highest BCUT2D eigenvalue weighted by Gasteiger charge is 2.62. The number of nitro groups is 1. The van der Waals surface area contributed by atoms with Crippen molar-refractivity contribution in [1.82, 2.24) is 0 Å². The van der Waals surface area contributed by atoms with Crippen LogP contribution in [0.15, 0.2) is 18.2 Å². The quantitative estimate of drug-likeness (QED) is 0.397. The van der Waals surface area contributed by atoms with Crippen molar-refractivity contribution >= 4 is 17.6 Å². The molecule has 0 saturated carbocycles. The van der Waals surface area contributed by atoms with Crippen molar-refractivity contribution in [2.24, 2.45) is 0 Å². The van der Waals surface area contributed by atoms with Crippen molar-refractivity contribution in [3.05, 3.63) is 44.5 Å². The van der Waals surface area contributed by atoms with Gasteiger partial charge in [-0.05, 0) is 36.1 Å². The van der Waals surface area contributed by atoms with Gasteiger partial charge in [0, 0.05) is 22.8 Å². The first kappa shape index (κ1) is 17.7. The van der Waals surface area contributed by atoms with Crippen molar-refractivity contribution in [3.63, 3.8) is 0 Å². The van der Waals surface area contributed by atoms with Crippen LogP contribution in [0.25, 0.3) is 0 Å². The largest absolute Gasteiger partial charge is 0.481 e. The Hall–Kier alpha value is -1.70. The van der Waals surface area contributed by atoms with Crippen molar-refractivity contribution in [3.8, 4) is 0 Å². The van der Waals surface area contributed by atoms with Crippen LogP contribution in [0.5, 0.6) is 0 Å². The molecular weight excluding hydrogens is 326 g/mol.